The number of nitrogens with zero attached hydrogens (tertiary/aromatic N) is 2. The second kappa shape index (κ2) is 15.3. The fourth-order valence-electron chi connectivity index (χ4n) is 5.21. The summed E-state index contributed by atoms with van der Waals surface area (Å²) in [7, 11) is 0. The van der Waals surface area contributed by atoms with Crippen molar-refractivity contribution in [2.45, 2.75) is 40.7 Å². The first-order valence-electron chi connectivity index (χ1n) is 13.5. The van der Waals surface area contributed by atoms with E-state index < -0.39 is 0 Å². The molecule has 4 rings (SSSR count). The molecule has 0 fully saturated rings. The molecular formula is C32H40Br2FN3. The zero-order valence-corrected chi connectivity index (χ0v) is 26.2. The van der Waals surface area contributed by atoms with Gasteiger partial charge in [0.1, 0.15) is 0 Å². The first-order chi connectivity index (χ1) is 17.6. The Morgan fingerprint density at radius 2 is 1.58 bits per heavy atom. The number of anilines is 1. The van der Waals surface area contributed by atoms with Crippen molar-refractivity contribution >= 4 is 39.5 Å². The van der Waals surface area contributed by atoms with Crippen molar-refractivity contribution in [1.82, 2.24) is 0 Å². The number of pyridine rings is 1. The third-order valence-electron chi connectivity index (χ3n) is 7.42. The maximum absolute atomic E-state index is 15.5. The number of quaternary nitrogens is 1. The smallest absolute Gasteiger partial charge is 0.213 e. The summed E-state index contributed by atoms with van der Waals surface area (Å²) in [4.78, 5) is 3.94. The van der Waals surface area contributed by atoms with Crippen molar-refractivity contribution in [3.63, 3.8) is 0 Å². The molecule has 1 aromatic heterocycles. The van der Waals surface area contributed by atoms with Crippen LogP contribution in [0.4, 0.5) is 10.1 Å². The Morgan fingerprint density at radius 1 is 0.842 bits per heavy atom. The van der Waals surface area contributed by atoms with Crippen LogP contribution in [-0.2, 0) is 6.54 Å². The van der Waals surface area contributed by atoms with Gasteiger partial charge in [0.2, 0.25) is 11.7 Å². The van der Waals surface area contributed by atoms with Crippen molar-refractivity contribution in [3.8, 4) is 0 Å². The zero-order chi connectivity index (χ0) is 25.5. The van der Waals surface area contributed by atoms with Crippen LogP contribution in [0.1, 0.15) is 45.2 Å². The van der Waals surface area contributed by atoms with E-state index in [0.717, 1.165) is 62.2 Å². The Kier molecular flexibility index (Phi) is 12.9. The molecule has 3 aromatic carbocycles. The van der Waals surface area contributed by atoms with E-state index in [4.69, 9.17) is 0 Å². The monoisotopic (exact) mass is 643 g/mol. The highest BCUT2D eigenvalue weighted by Gasteiger charge is 2.17. The van der Waals surface area contributed by atoms with Gasteiger partial charge in [-0.05, 0) is 62.2 Å². The van der Waals surface area contributed by atoms with E-state index in [1.54, 1.807) is 11.1 Å². The van der Waals surface area contributed by atoms with Crippen LogP contribution in [0.15, 0.2) is 66.9 Å². The van der Waals surface area contributed by atoms with Crippen LogP contribution in [0.25, 0.3) is 33.8 Å². The standard InChI is InChI=1S/C32H39FN3.2BrH/c1-5-34(6-2)21-12-22-36-24-31(33)29(30-15-9-10-16-32(30)36)19-17-25-13-11-14-26-23-27(18-20-28(25)26)35(7-3)8-4;;/h9-11,13-20,23-24H,5-8,12,21-22H2,1-4H3;2*1H/q+1;;/p-1/b19-17+;;. The van der Waals surface area contributed by atoms with E-state index in [9.17, 15) is 0 Å². The maximum Gasteiger partial charge on any atom is 0.213 e. The van der Waals surface area contributed by atoms with Gasteiger partial charge in [-0.2, -0.15) is 8.96 Å². The van der Waals surface area contributed by atoms with Crippen LogP contribution in [0.5, 0.6) is 0 Å². The number of fused-ring (bicyclic) bond motifs is 2. The maximum atomic E-state index is 15.5. The van der Waals surface area contributed by atoms with Gasteiger partial charge in [0.15, 0.2) is 12.4 Å². The van der Waals surface area contributed by atoms with Gasteiger partial charge in [-0.15, -0.1) is 0 Å². The van der Waals surface area contributed by atoms with Gasteiger partial charge in [-0.3, -0.25) is 0 Å². The SMILES string of the molecule is CCN(CC)c1ccc2c(/C=C/c3c(F)c[n+](CCC[NH+](CC)CC)c4ccccc34)cccc2c1.[Br-].[Br-]. The molecular weight excluding hydrogens is 605 g/mol. The van der Waals surface area contributed by atoms with E-state index >= 15 is 4.39 Å². The number of halogens is 3. The van der Waals surface area contributed by atoms with Crippen LogP contribution in [0.2, 0.25) is 0 Å². The summed E-state index contributed by atoms with van der Waals surface area (Å²) in [5.41, 5.74) is 4.06. The number of aromatic nitrogens is 1. The Bertz CT molecular complexity index is 1350. The molecule has 0 bridgehead atoms. The Morgan fingerprint density at radius 3 is 2.29 bits per heavy atom. The van der Waals surface area contributed by atoms with Crippen LogP contribution < -0.4 is 48.3 Å². The van der Waals surface area contributed by atoms with Crippen molar-refractivity contribution in [1.29, 1.82) is 0 Å². The highest BCUT2D eigenvalue weighted by molar-refractivity contribution is 5.96. The van der Waals surface area contributed by atoms with Gasteiger partial charge in [-0.25, -0.2) is 0 Å². The molecule has 0 amide bonds. The predicted molar refractivity (Wildman–Crippen MR) is 152 cm³/mol. The zero-order valence-electron chi connectivity index (χ0n) is 23.0. The van der Waals surface area contributed by atoms with Gasteiger partial charge >= 0.3 is 0 Å². The molecule has 6 heteroatoms. The van der Waals surface area contributed by atoms with E-state index in [1.807, 2.05) is 24.3 Å². The summed E-state index contributed by atoms with van der Waals surface area (Å²) in [5, 5.41) is 3.33. The molecule has 0 aliphatic heterocycles. The molecule has 1 N–H and O–H groups in total. The number of nitrogens with one attached hydrogen (secondary N) is 1. The van der Waals surface area contributed by atoms with E-state index in [2.05, 4.69) is 85.7 Å². The Labute approximate surface area is 248 Å². The molecule has 0 aliphatic carbocycles. The van der Waals surface area contributed by atoms with Gasteiger partial charge < -0.3 is 43.8 Å². The fraction of sp³-hybridized carbons (Fsp3) is 0.344. The minimum Gasteiger partial charge on any atom is -1.00 e. The lowest BCUT2D eigenvalue weighted by Gasteiger charge is -2.21. The number of hydrogen-bond donors (Lipinski definition) is 1. The molecule has 1 heterocycles. The van der Waals surface area contributed by atoms with Crippen molar-refractivity contribution in [3.05, 3.63) is 83.8 Å². The molecule has 0 saturated carbocycles. The first kappa shape index (κ1) is 31.9. The summed E-state index contributed by atoms with van der Waals surface area (Å²) in [6, 6.07) is 21.1. The van der Waals surface area contributed by atoms with Gasteiger partial charge in [0.05, 0.1) is 31.4 Å². The lowest BCUT2D eigenvalue weighted by molar-refractivity contribution is -0.898. The summed E-state index contributed by atoms with van der Waals surface area (Å²) >= 11 is 0. The van der Waals surface area contributed by atoms with Gasteiger partial charge in [0.25, 0.3) is 0 Å². The highest BCUT2D eigenvalue weighted by Crippen LogP contribution is 2.27. The van der Waals surface area contributed by atoms with E-state index in [-0.39, 0.29) is 39.8 Å². The van der Waals surface area contributed by atoms with Crippen molar-refractivity contribution < 1.29 is 47.8 Å². The first-order valence-corrected chi connectivity index (χ1v) is 13.5. The minimum absolute atomic E-state index is 0. The normalized spacial score (nSPS) is 11.2. The second-order valence-electron chi connectivity index (χ2n) is 9.42. The van der Waals surface area contributed by atoms with Crippen LogP contribution >= 0.6 is 0 Å². The largest absolute Gasteiger partial charge is 1.00 e. The highest BCUT2D eigenvalue weighted by atomic mass is 79.9. The number of hydrogen-bond acceptors (Lipinski definition) is 1. The molecule has 0 saturated heterocycles. The Hall–Kier alpha value is -2.28. The molecule has 0 atom stereocenters. The number of para-hydroxylation sites is 1. The molecule has 3 nitrogen and oxygen atoms in total. The molecule has 204 valence electrons. The van der Waals surface area contributed by atoms with Crippen molar-refractivity contribution in [2.75, 3.05) is 37.6 Å². The summed E-state index contributed by atoms with van der Waals surface area (Å²) in [6.45, 7) is 15.0. The number of rotatable bonds is 11. The van der Waals surface area contributed by atoms with Crippen LogP contribution in [-0.4, -0.2) is 32.7 Å². The molecule has 38 heavy (non-hydrogen) atoms. The summed E-state index contributed by atoms with van der Waals surface area (Å²) in [5.74, 6) is -0.177. The topological polar surface area (TPSA) is 11.6 Å². The lowest BCUT2D eigenvalue weighted by atomic mass is 10.0. The molecule has 0 radical (unpaired) electrons. The molecule has 0 spiro atoms. The average Bonchev–Trinajstić information content (AvgIpc) is 2.91. The van der Waals surface area contributed by atoms with Crippen LogP contribution in [0, 0.1) is 5.82 Å². The third kappa shape index (κ3) is 7.22. The Balaban J connectivity index is 0.00000253. The molecule has 4 aromatic rings. The minimum atomic E-state index is -0.177. The quantitative estimate of drug-likeness (QED) is 0.222. The predicted octanol–water partition coefficient (Wildman–Crippen LogP) is -0.241. The average molecular weight is 645 g/mol. The summed E-state index contributed by atoms with van der Waals surface area (Å²) < 4.78 is 17.5. The molecule has 0 aliphatic rings. The second-order valence-corrected chi connectivity index (χ2v) is 9.42. The number of aryl methyl sites for hydroxylation is 1. The fourth-order valence-corrected chi connectivity index (χ4v) is 5.21. The van der Waals surface area contributed by atoms with E-state index in [0.29, 0.717) is 5.56 Å². The van der Waals surface area contributed by atoms with Gasteiger partial charge in [0, 0.05) is 30.4 Å². The lowest BCUT2D eigenvalue weighted by Crippen LogP contribution is -3.11. The number of benzene rings is 3. The van der Waals surface area contributed by atoms with Gasteiger partial charge in [-0.1, -0.05) is 48.6 Å². The third-order valence-corrected chi connectivity index (χ3v) is 7.42. The van der Waals surface area contributed by atoms with Crippen molar-refractivity contribution in [2.24, 2.45) is 0 Å². The summed E-state index contributed by atoms with van der Waals surface area (Å²) in [6.07, 6.45) is 6.71. The van der Waals surface area contributed by atoms with E-state index in [1.165, 1.54) is 16.5 Å². The van der Waals surface area contributed by atoms with Crippen LogP contribution in [0.3, 0.4) is 0 Å². The molecule has 0 unspecified atom stereocenters.